The van der Waals surface area contributed by atoms with Gasteiger partial charge in [0.1, 0.15) is 0 Å². The summed E-state index contributed by atoms with van der Waals surface area (Å²) in [5.41, 5.74) is 11.0. The maximum Gasteiger partial charge on any atom is 0.0349 e. The maximum absolute atomic E-state index is 5.95. The number of rotatable bonds is 3. The first kappa shape index (κ1) is 10.1. The molecule has 1 heteroatoms. The molecule has 0 aliphatic rings. The van der Waals surface area contributed by atoms with Crippen molar-refractivity contribution < 1.29 is 0 Å². The van der Waals surface area contributed by atoms with Gasteiger partial charge in [-0.3, -0.25) is 0 Å². The van der Waals surface area contributed by atoms with Crippen LogP contribution in [0.25, 0.3) is 0 Å². The SMILES string of the molecule is CCCc1cc(C)c(CC)cc1N. The highest BCUT2D eigenvalue weighted by Crippen LogP contribution is 2.20. The molecule has 0 unspecified atom stereocenters. The third kappa shape index (κ3) is 2.24. The van der Waals surface area contributed by atoms with Crippen molar-refractivity contribution in [2.24, 2.45) is 0 Å². The van der Waals surface area contributed by atoms with E-state index >= 15 is 0 Å². The van der Waals surface area contributed by atoms with Crippen LogP contribution < -0.4 is 5.73 Å². The molecule has 1 aromatic rings. The fourth-order valence-electron chi connectivity index (χ4n) is 1.70. The maximum atomic E-state index is 5.95. The molecule has 0 bridgehead atoms. The van der Waals surface area contributed by atoms with Gasteiger partial charge >= 0.3 is 0 Å². The highest BCUT2D eigenvalue weighted by Gasteiger charge is 2.02. The second kappa shape index (κ2) is 4.31. The fourth-order valence-corrected chi connectivity index (χ4v) is 1.70. The zero-order valence-corrected chi connectivity index (χ0v) is 8.85. The van der Waals surface area contributed by atoms with Gasteiger partial charge in [-0.15, -0.1) is 0 Å². The van der Waals surface area contributed by atoms with E-state index in [0.29, 0.717) is 0 Å². The van der Waals surface area contributed by atoms with Crippen LogP contribution in [0.3, 0.4) is 0 Å². The van der Waals surface area contributed by atoms with E-state index in [4.69, 9.17) is 5.73 Å². The molecule has 0 radical (unpaired) electrons. The number of aryl methyl sites for hydroxylation is 3. The first-order valence-corrected chi connectivity index (χ1v) is 5.06. The number of anilines is 1. The van der Waals surface area contributed by atoms with Crippen molar-refractivity contribution >= 4 is 5.69 Å². The van der Waals surface area contributed by atoms with Gasteiger partial charge in [-0.1, -0.05) is 26.3 Å². The number of benzene rings is 1. The van der Waals surface area contributed by atoms with Crippen LogP contribution >= 0.6 is 0 Å². The summed E-state index contributed by atoms with van der Waals surface area (Å²) in [5.74, 6) is 0. The van der Waals surface area contributed by atoms with Crippen LogP contribution in [-0.2, 0) is 12.8 Å². The minimum Gasteiger partial charge on any atom is -0.398 e. The van der Waals surface area contributed by atoms with Gasteiger partial charge in [0.15, 0.2) is 0 Å². The van der Waals surface area contributed by atoms with Crippen LogP contribution in [0.1, 0.15) is 37.0 Å². The number of hydrogen-bond acceptors (Lipinski definition) is 1. The molecule has 0 aliphatic carbocycles. The Bertz CT molecular complexity index is 289. The van der Waals surface area contributed by atoms with Crippen LogP contribution in [0.15, 0.2) is 12.1 Å². The topological polar surface area (TPSA) is 26.0 Å². The molecule has 0 saturated carbocycles. The van der Waals surface area contributed by atoms with Crippen LogP contribution in [0.4, 0.5) is 5.69 Å². The lowest BCUT2D eigenvalue weighted by Crippen LogP contribution is -1.98. The summed E-state index contributed by atoms with van der Waals surface area (Å²) in [4.78, 5) is 0. The Hall–Kier alpha value is -0.980. The molecule has 1 nitrogen and oxygen atoms in total. The van der Waals surface area contributed by atoms with Crippen molar-refractivity contribution in [3.05, 3.63) is 28.8 Å². The molecular formula is C12H19N. The van der Waals surface area contributed by atoms with Gasteiger partial charge in [0, 0.05) is 5.69 Å². The van der Waals surface area contributed by atoms with Gasteiger partial charge in [0.2, 0.25) is 0 Å². The monoisotopic (exact) mass is 177 g/mol. The van der Waals surface area contributed by atoms with Crippen LogP contribution in [0, 0.1) is 6.92 Å². The standard InChI is InChI=1S/C12H19N/c1-4-6-11-7-9(3)10(5-2)8-12(11)13/h7-8H,4-6,13H2,1-3H3. The van der Waals surface area contributed by atoms with E-state index < -0.39 is 0 Å². The Balaban J connectivity index is 3.05. The molecule has 0 aromatic heterocycles. The van der Waals surface area contributed by atoms with E-state index in [1.165, 1.54) is 16.7 Å². The van der Waals surface area contributed by atoms with Gasteiger partial charge in [-0.2, -0.15) is 0 Å². The van der Waals surface area contributed by atoms with E-state index in [2.05, 4.69) is 32.9 Å². The second-order valence-electron chi connectivity index (χ2n) is 3.58. The average molecular weight is 177 g/mol. The summed E-state index contributed by atoms with van der Waals surface area (Å²) >= 11 is 0. The quantitative estimate of drug-likeness (QED) is 0.705. The molecule has 0 saturated heterocycles. The van der Waals surface area contributed by atoms with Crippen molar-refractivity contribution in [1.82, 2.24) is 0 Å². The molecule has 0 aliphatic heterocycles. The normalized spacial score (nSPS) is 10.4. The van der Waals surface area contributed by atoms with Gasteiger partial charge in [0.25, 0.3) is 0 Å². The Morgan fingerprint density at radius 1 is 1.15 bits per heavy atom. The first-order valence-electron chi connectivity index (χ1n) is 5.06. The van der Waals surface area contributed by atoms with Crippen molar-refractivity contribution in [3.63, 3.8) is 0 Å². The van der Waals surface area contributed by atoms with Crippen LogP contribution in [0.5, 0.6) is 0 Å². The zero-order valence-electron chi connectivity index (χ0n) is 8.85. The van der Waals surface area contributed by atoms with Gasteiger partial charge < -0.3 is 5.73 Å². The Morgan fingerprint density at radius 2 is 1.85 bits per heavy atom. The largest absolute Gasteiger partial charge is 0.398 e. The number of hydrogen-bond donors (Lipinski definition) is 1. The van der Waals surface area contributed by atoms with Crippen molar-refractivity contribution in [2.75, 3.05) is 5.73 Å². The van der Waals surface area contributed by atoms with E-state index in [9.17, 15) is 0 Å². The molecule has 1 aromatic carbocycles. The highest BCUT2D eigenvalue weighted by atomic mass is 14.6. The third-order valence-electron chi connectivity index (χ3n) is 2.50. The molecule has 0 atom stereocenters. The molecule has 72 valence electrons. The predicted octanol–water partition coefficient (Wildman–Crippen LogP) is 3.09. The Morgan fingerprint density at radius 3 is 2.38 bits per heavy atom. The lowest BCUT2D eigenvalue weighted by Gasteiger charge is -2.09. The molecule has 0 spiro atoms. The zero-order chi connectivity index (χ0) is 9.84. The van der Waals surface area contributed by atoms with Crippen LogP contribution in [0.2, 0.25) is 0 Å². The lowest BCUT2D eigenvalue weighted by molar-refractivity contribution is 0.920. The molecule has 0 amide bonds. The van der Waals surface area contributed by atoms with Gasteiger partial charge in [-0.05, 0) is 42.5 Å². The van der Waals surface area contributed by atoms with E-state index in [-0.39, 0.29) is 0 Å². The molecule has 0 fully saturated rings. The summed E-state index contributed by atoms with van der Waals surface area (Å²) in [6.45, 7) is 6.52. The fraction of sp³-hybridized carbons (Fsp3) is 0.500. The van der Waals surface area contributed by atoms with E-state index in [1.54, 1.807) is 0 Å². The Kier molecular flexibility index (Phi) is 3.35. The smallest absolute Gasteiger partial charge is 0.0349 e. The van der Waals surface area contributed by atoms with Crippen molar-refractivity contribution in [3.8, 4) is 0 Å². The summed E-state index contributed by atoms with van der Waals surface area (Å²) in [7, 11) is 0. The average Bonchev–Trinajstić information content (AvgIpc) is 2.11. The highest BCUT2D eigenvalue weighted by molar-refractivity contribution is 5.52. The minimum atomic E-state index is 0.962. The number of nitrogen functional groups attached to an aromatic ring is 1. The molecule has 0 heterocycles. The lowest BCUT2D eigenvalue weighted by atomic mass is 9.99. The summed E-state index contributed by atoms with van der Waals surface area (Å²) in [5, 5.41) is 0. The van der Waals surface area contributed by atoms with Gasteiger partial charge in [-0.25, -0.2) is 0 Å². The summed E-state index contributed by atoms with van der Waals surface area (Å²) in [6, 6.07) is 4.36. The summed E-state index contributed by atoms with van der Waals surface area (Å²) in [6.07, 6.45) is 3.33. The predicted molar refractivity (Wildman–Crippen MR) is 59.0 cm³/mol. The van der Waals surface area contributed by atoms with E-state index in [1.807, 2.05) is 0 Å². The van der Waals surface area contributed by atoms with E-state index in [0.717, 1.165) is 24.9 Å². The molecule has 2 N–H and O–H groups in total. The molecule has 13 heavy (non-hydrogen) atoms. The number of nitrogens with two attached hydrogens (primary N) is 1. The van der Waals surface area contributed by atoms with Gasteiger partial charge in [0.05, 0.1) is 0 Å². The Labute approximate surface area is 81.0 Å². The van der Waals surface area contributed by atoms with Crippen molar-refractivity contribution in [2.45, 2.75) is 40.0 Å². The minimum absolute atomic E-state index is 0.962. The van der Waals surface area contributed by atoms with Crippen LogP contribution in [-0.4, -0.2) is 0 Å². The summed E-state index contributed by atoms with van der Waals surface area (Å²) < 4.78 is 0. The third-order valence-corrected chi connectivity index (χ3v) is 2.50. The van der Waals surface area contributed by atoms with Crippen molar-refractivity contribution in [1.29, 1.82) is 0 Å². The molecular weight excluding hydrogens is 158 g/mol. The first-order chi connectivity index (χ1) is 6.19. The molecule has 1 rings (SSSR count). The second-order valence-corrected chi connectivity index (χ2v) is 3.58.